The van der Waals surface area contributed by atoms with Crippen LogP contribution in [0, 0.1) is 5.82 Å². The standard InChI is InChI=1S/C24H18FN5O3/c25-19-13-7-4-10-16(19)14-26-29-24(33)21(27-22(31)15-8-2-1-3-9-15)20-17-11-5-6-12-18(17)23(32)30-28-20/h1-14,21H,(H,27,31)(H,29,33)(H,30,32)/t21-/m1/s1. The van der Waals surface area contributed by atoms with Crippen LogP contribution in [0.15, 0.2) is 88.8 Å². The first-order valence-electron chi connectivity index (χ1n) is 9.95. The smallest absolute Gasteiger partial charge is 0.272 e. The van der Waals surface area contributed by atoms with Crippen LogP contribution in [0.5, 0.6) is 0 Å². The molecule has 0 aliphatic carbocycles. The van der Waals surface area contributed by atoms with Gasteiger partial charge in [-0.1, -0.05) is 54.6 Å². The van der Waals surface area contributed by atoms with Crippen LogP contribution in [0.25, 0.3) is 10.8 Å². The van der Waals surface area contributed by atoms with E-state index in [2.05, 4.69) is 26.0 Å². The summed E-state index contributed by atoms with van der Waals surface area (Å²) in [6.45, 7) is 0. The Labute approximate surface area is 187 Å². The van der Waals surface area contributed by atoms with Gasteiger partial charge in [0.05, 0.1) is 11.6 Å². The van der Waals surface area contributed by atoms with Gasteiger partial charge >= 0.3 is 0 Å². The predicted octanol–water partition coefficient (Wildman–Crippen LogP) is 2.68. The Balaban J connectivity index is 1.68. The maximum absolute atomic E-state index is 13.8. The van der Waals surface area contributed by atoms with Crippen molar-refractivity contribution in [3.05, 3.63) is 112 Å². The lowest BCUT2D eigenvalue weighted by Gasteiger charge is -2.18. The Bertz CT molecular complexity index is 1400. The lowest BCUT2D eigenvalue weighted by molar-refractivity contribution is -0.123. The van der Waals surface area contributed by atoms with Crippen molar-refractivity contribution >= 4 is 28.8 Å². The summed E-state index contributed by atoms with van der Waals surface area (Å²) < 4.78 is 13.8. The highest BCUT2D eigenvalue weighted by Gasteiger charge is 2.27. The molecule has 164 valence electrons. The third-order valence-corrected chi connectivity index (χ3v) is 4.86. The van der Waals surface area contributed by atoms with E-state index in [1.54, 1.807) is 60.7 Å². The number of hydrazone groups is 1. The maximum Gasteiger partial charge on any atom is 0.272 e. The van der Waals surface area contributed by atoms with Crippen molar-refractivity contribution in [2.45, 2.75) is 6.04 Å². The van der Waals surface area contributed by atoms with Crippen molar-refractivity contribution in [2.24, 2.45) is 5.10 Å². The number of H-pyrrole nitrogens is 1. The van der Waals surface area contributed by atoms with Crippen molar-refractivity contribution in [1.29, 1.82) is 0 Å². The molecule has 0 unspecified atom stereocenters. The number of halogens is 1. The van der Waals surface area contributed by atoms with E-state index in [0.29, 0.717) is 16.3 Å². The van der Waals surface area contributed by atoms with Gasteiger partial charge in [-0.15, -0.1) is 0 Å². The number of nitrogens with one attached hydrogen (secondary N) is 3. The zero-order valence-corrected chi connectivity index (χ0v) is 17.2. The quantitative estimate of drug-likeness (QED) is 0.314. The number of benzene rings is 3. The summed E-state index contributed by atoms with van der Waals surface area (Å²) in [5, 5.41) is 13.5. The Hall–Kier alpha value is -4.66. The second kappa shape index (κ2) is 9.65. The predicted molar refractivity (Wildman–Crippen MR) is 121 cm³/mol. The van der Waals surface area contributed by atoms with Crippen LogP contribution in [0.3, 0.4) is 0 Å². The Kier molecular flexibility index (Phi) is 6.31. The van der Waals surface area contributed by atoms with Crippen LogP contribution in [0.1, 0.15) is 27.7 Å². The summed E-state index contributed by atoms with van der Waals surface area (Å²) in [5.74, 6) is -1.75. The molecule has 0 spiro atoms. The fourth-order valence-electron chi connectivity index (χ4n) is 3.23. The van der Waals surface area contributed by atoms with Crippen LogP contribution in [-0.2, 0) is 4.79 Å². The second-order valence-corrected chi connectivity index (χ2v) is 7.01. The van der Waals surface area contributed by atoms with Gasteiger partial charge in [-0.05, 0) is 24.3 Å². The van der Waals surface area contributed by atoms with Gasteiger partial charge < -0.3 is 5.32 Å². The molecule has 0 radical (unpaired) electrons. The van der Waals surface area contributed by atoms with E-state index in [9.17, 15) is 18.8 Å². The molecule has 4 aromatic rings. The molecule has 3 aromatic carbocycles. The van der Waals surface area contributed by atoms with Crippen LogP contribution in [0.2, 0.25) is 0 Å². The summed E-state index contributed by atoms with van der Waals surface area (Å²) in [5.41, 5.74) is 2.52. The summed E-state index contributed by atoms with van der Waals surface area (Å²) in [4.78, 5) is 38.0. The third-order valence-electron chi connectivity index (χ3n) is 4.86. The number of hydrogen-bond donors (Lipinski definition) is 3. The Morgan fingerprint density at radius 3 is 2.36 bits per heavy atom. The van der Waals surface area contributed by atoms with Gasteiger partial charge in [0.15, 0.2) is 6.04 Å². The maximum atomic E-state index is 13.8. The van der Waals surface area contributed by atoms with Crippen molar-refractivity contribution in [2.75, 3.05) is 0 Å². The summed E-state index contributed by atoms with van der Waals surface area (Å²) >= 11 is 0. The van der Waals surface area contributed by atoms with Gasteiger partial charge in [0.2, 0.25) is 0 Å². The molecule has 1 aromatic heterocycles. The molecule has 1 atom stereocenters. The second-order valence-electron chi connectivity index (χ2n) is 7.01. The molecule has 0 aliphatic heterocycles. The summed E-state index contributed by atoms with van der Waals surface area (Å²) in [6.07, 6.45) is 1.15. The minimum Gasteiger partial charge on any atom is -0.335 e. The molecule has 0 saturated carbocycles. The number of hydrogen-bond acceptors (Lipinski definition) is 5. The average molecular weight is 443 g/mol. The Morgan fingerprint density at radius 2 is 1.61 bits per heavy atom. The number of fused-ring (bicyclic) bond motifs is 1. The van der Waals surface area contributed by atoms with E-state index in [1.165, 1.54) is 18.2 Å². The molecule has 0 fully saturated rings. The lowest BCUT2D eigenvalue weighted by atomic mass is 10.0. The van der Waals surface area contributed by atoms with Gasteiger partial charge in [-0.25, -0.2) is 14.9 Å². The highest BCUT2D eigenvalue weighted by molar-refractivity contribution is 5.99. The van der Waals surface area contributed by atoms with E-state index >= 15 is 0 Å². The molecule has 33 heavy (non-hydrogen) atoms. The monoisotopic (exact) mass is 443 g/mol. The van der Waals surface area contributed by atoms with Crippen molar-refractivity contribution in [3.8, 4) is 0 Å². The minimum absolute atomic E-state index is 0.132. The number of carbonyl (C=O) groups excluding carboxylic acids is 2. The van der Waals surface area contributed by atoms with Gasteiger partial charge in [0, 0.05) is 16.5 Å². The van der Waals surface area contributed by atoms with Crippen LogP contribution < -0.4 is 16.3 Å². The van der Waals surface area contributed by atoms with E-state index in [4.69, 9.17) is 0 Å². The minimum atomic E-state index is -1.29. The largest absolute Gasteiger partial charge is 0.335 e. The van der Waals surface area contributed by atoms with Gasteiger partial charge in [-0.2, -0.15) is 10.2 Å². The number of aromatic amines is 1. The first-order chi connectivity index (χ1) is 16.0. The first-order valence-corrected chi connectivity index (χ1v) is 9.95. The zero-order chi connectivity index (χ0) is 23.2. The molecule has 2 amide bonds. The Morgan fingerprint density at radius 1 is 0.939 bits per heavy atom. The van der Waals surface area contributed by atoms with E-state index < -0.39 is 29.2 Å². The highest BCUT2D eigenvalue weighted by atomic mass is 19.1. The molecular weight excluding hydrogens is 425 g/mol. The molecular formula is C24H18FN5O3. The lowest BCUT2D eigenvalue weighted by Crippen LogP contribution is -2.40. The number of amides is 2. The molecule has 1 heterocycles. The number of rotatable bonds is 6. The van der Waals surface area contributed by atoms with Crippen LogP contribution in [0.4, 0.5) is 4.39 Å². The molecule has 0 bridgehead atoms. The van der Waals surface area contributed by atoms with Gasteiger partial charge in [-0.3, -0.25) is 14.4 Å². The summed E-state index contributed by atoms with van der Waals surface area (Å²) in [7, 11) is 0. The third kappa shape index (κ3) is 4.82. The first kappa shape index (κ1) is 21.6. The van der Waals surface area contributed by atoms with Crippen LogP contribution >= 0.6 is 0 Å². The fraction of sp³-hybridized carbons (Fsp3) is 0.0417. The average Bonchev–Trinajstić information content (AvgIpc) is 2.85. The van der Waals surface area contributed by atoms with Crippen LogP contribution in [-0.4, -0.2) is 28.2 Å². The molecule has 8 nitrogen and oxygen atoms in total. The number of aromatic nitrogens is 2. The molecule has 3 N–H and O–H groups in total. The normalized spacial score (nSPS) is 11.9. The molecule has 4 rings (SSSR count). The number of carbonyl (C=O) groups is 2. The van der Waals surface area contributed by atoms with Gasteiger partial charge in [0.25, 0.3) is 17.4 Å². The SMILES string of the molecule is O=C(N[C@@H](C(=O)NN=Cc1ccccc1F)c1n[nH]c(=O)c2ccccc12)c1ccccc1. The molecule has 9 heteroatoms. The van der Waals surface area contributed by atoms with Crippen molar-refractivity contribution in [3.63, 3.8) is 0 Å². The highest BCUT2D eigenvalue weighted by Crippen LogP contribution is 2.20. The zero-order valence-electron chi connectivity index (χ0n) is 17.2. The van der Waals surface area contributed by atoms with Gasteiger partial charge in [0.1, 0.15) is 11.5 Å². The molecule has 0 saturated heterocycles. The topological polar surface area (TPSA) is 116 Å². The fourth-order valence-corrected chi connectivity index (χ4v) is 3.23. The molecule has 0 aliphatic rings. The van der Waals surface area contributed by atoms with E-state index in [1.807, 2.05) is 0 Å². The summed E-state index contributed by atoms with van der Waals surface area (Å²) in [6, 6.07) is 19.6. The van der Waals surface area contributed by atoms with E-state index in [-0.39, 0.29) is 11.3 Å². The van der Waals surface area contributed by atoms with E-state index in [0.717, 1.165) is 6.21 Å². The number of nitrogens with zero attached hydrogens (tertiary/aromatic N) is 2. The van der Waals surface area contributed by atoms with Crippen molar-refractivity contribution in [1.82, 2.24) is 20.9 Å². The van der Waals surface area contributed by atoms with Crippen molar-refractivity contribution < 1.29 is 14.0 Å².